The zero-order chi connectivity index (χ0) is 14.6. The summed E-state index contributed by atoms with van der Waals surface area (Å²) in [5.74, 6) is -0.460. The summed E-state index contributed by atoms with van der Waals surface area (Å²) < 4.78 is 9.81. The molecule has 1 aliphatic heterocycles. The highest BCUT2D eigenvalue weighted by atomic mass is 16.6. The highest BCUT2D eigenvalue weighted by molar-refractivity contribution is 5.83. The quantitative estimate of drug-likeness (QED) is 0.601. The van der Waals surface area contributed by atoms with Crippen LogP contribution in [0.4, 0.5) is 4.79 Å². The SMILES string of the molecule is COC(=O)/C=C1\C[C@@H](CO)N(C(=O)OC(C)(C)C)C1. The van der Waals surface area contributed by atoms with E-state index in [9.17, 15) is 14.7 Å². The summed E-state index contributed by atoms with van der Waals surface area (Å²) >= 11 is 0. The molecule has 19 heavy (non-hydrogen) atoms. The highest BCUT2D eigenvalue weighted by Crippen LogP contribution is 2.24. The van der Waals surface area contributed by atoms with Crippen LogP contribution in [0.15, 0.2) is 11.6 Å². The number of likely N-dealkylation sites (tertiary alicyclic amines) is 1. The van der Waals surface area contributed by atoms with Crippen molar-refractivity contribution in [3.05, 3.63) is 11.6 Å². The first-order valence-electron chi connectivity index (χ1n) is 6.14. The first-order chi connectivity index (χ1) is 8.76. The molecule has 0 bridgehead atoms. The molecule has 0 aromatic rings. The van der Waals surface area contributed by atoms with E-state index in [-0.39, 0.29) is 19.2 Å². The standard InChI is InChI=1S/C13H21NO5/c1-13(2,3)19-12(17)14-7-9(5-10(14)8-15)6-11(16)18-4/h6,10,15H,5,7-8H2,1-4H3/b9-6+/t10-/m0/s1. The maximum atomic E-state index is 12.0. The molecule has 1 aliphatic rings. The Morgan fingerprint density at radius 2 is 2.11 bits per heavy atom. The lowest BCUT2D eigenvalue weighted by Gasteiger charge is -2.27. The molecule has 0 aromatic carbocycles. The zero-order valence-electron chi connectivity index (χ0n) is 11.8. The second-order valence-electron chi connectivity index (χ2n) is 5.47. The van der Waals surface area contributed by atoms with E-state index in [4.69, 9.17) is 4.74 Å². The fraction of sp³-hybridized carbons (Fsp3) is 0.692. The molecule has 0 saturated carbocycles. The summed E-state index contributed by atoms with van der Waals surface area (Å²) in [5.41, 5.74) is 0.156. The lowest BCUT2D eigenvalue weighted by Crippen LogP contribution is -2.41. The molecule has 0 spiro atoms. The van der Waals surface area contributed by atoms with Crippen molar-refractivity contribution in [3.63, 3.8) is 0 Å². The predicted octanol–water partition coefficient (Wildman–Crippen LogP) is 1.09. The van der Waals surface area contributed by atoms with Crippen LogP contribution in [0.3, 0.4) is 0 Å². The van der Waals surface area contributed by atoms with Gasteiger partial charge in [0.15, 0.2) is 0 Å². The summed E-state index contributed by atoms with van der Waals surface area (Å²) in [6.07, 6.45) is 1.32. The van der Waals surface area contributed by atoms with Gasteiger partial charge >= 0.3 is 12.1 Å². The van der Waals surface area contributed by atoms with Gasteiger partial charge in [-0.15, -0.1) is 0 Å². The highest BCUT2D eigenvalue weighted by Gasteiger charge is 2.34. The Kier molecular flexibility index (Phi) is 4.94. The zero-order valence-corrected chi connectivity index (χ0v) is 11.8. The van der Waals surface area contributed by atoms with E-state index >= 15 is 0 Å². The van der Waals surface area contributed by atoms with Gasteiger partial charge in [-0.2, -0.15) is 0 Å². The van der Waals surface area contributed by atoms with Crippen molar-refractivity contribution in [2.75, 3.05) is 20.3 Å². The number of hydrogen-bond donors (Lipinski definition) is 1. The van der Waals surface area contributed by atoms with E-state index in [0.717, 1.165) is 5.57 Å². The Balaban J connectivity index is 2.76. The number of esters is 1. The molecule has 6 heteroatoms. The minimum absolute atomic E-state index is 0.169. The van der Waals surface area contributed by atoms with Crippen molar-refractivity contribution in [1.82, 2.24) is 4.90 Å². The fourth-order valence-electron chi connectivity index (χ4n) is 1.85. The third-order valence-electron chi connectivity index (χ3n) is 2.67. The van der Waals surface area contributed by atoms with Crippen LogP contribution in [0.1, 0.15) is 27.2 Å². The van der Waals surface area contributed by atoms with Crippen molar-refractivity contribution in [3.8, 4) is 0 Å². The van der Waals surface area contributed by atoms with Crippen LogP contribution in [0.25, 0.3) is 0 Å². The lowest BCUT2D eigenvalue weighted by atomic mass is 10.1. The third kappa shape index (κ3) is 4.55. The maximum Gasteiger partial charge on any atom is 0.410 e. The second kappa shape index (κ2) is 6.06. The van der Waals surface area contributed by atoms with Crippen molar-refractivity contribution < 1.29 is 24.2 Å². The minimum Gasteiger partial charge on any atom is -0.466 e. The van der Waals surface area contributed by atoms with E-state index in [1.807, 2.05) is 0 Å². The molecule has 1 atom stereocenters. The average molecular weight is 271 g/mol. The van der Waals surface area contributed by atoms with Gasteiger partial charge in [0.2, 0.25) is 0 Å². The first kappa shape index (κ1) is 15.5. The van der Waals surface area contributed by atoms with Gasteiger partial charge in [-0.1, -0.05) is 0 Å². The van der Waals surface area contributed by atoms with Crippen LogP contribution in [-0.4, -0.2) is 54.0 Å². The number of hydrogen-bond acceptors (Lipinski definition) is 5. The third-order valence-corrected chi connectivity index (χ3v) is 2.67. The number of ether oxygens (including phenoxy) is 2. The van der Waals surface area contributed by atoms with Crippen LogP contribution in [0, 0.1) is 0 Å². The molecule has 0 aliphatic carbocycles. The van der Waals surface area contributed by atoms with E-state index in [1.165, 1.54) is 18.1 Å². The molecule has 0 radical (unpaired) electrons. The Bertz CT molecular complexity index is 383. The van der Waals surface area contributed by atoms with E-state index < -0.39 is 17.7 Å². The van der Waals surface area contributed by atoms with E-state index in [0.29, 0.717) is 6.42 Å². The smallest absolute Gasteiger partial charge is 0.410 e. The summed E-state index contributed by atoms with van der Waals surface area (Å²) in [5, 5.41) is 9.30. The Hall–Kier alpha value is -1.56. The molecular weight excluding hydrogens is 250 g/mol. The van der Waals surface area contributed by atoms with Crippen LogP contribution in [0.2, 0.25) is 0 Å². The van der Waals surface area contributed by atoms with Gasteiger partial charge in [-0.25, -0.2) is 9.59 Å². The minimum atomic E-state index is -0.591. The molecule has 1 amide bonds. The molecule has 1 N–H and O–H groups in total. The van der Waals surface area contributed by atoms with Crippen molar-refractivity contribution in [2.24, 2.45) is 0 Å². The molecule has 1 saturated heterocycles. The maximum absolute atomic E-state index is 12.0. The van der Waals surface area contributed by atoms with Gasteiger partial charge in [0.25, 0.3) is 0 Å². The summed E-state index contributed by atoms with van der Waals surface area (Å²) in [4.78, 5) is 24.6. The Morgan fingerprint density at radius 1 is 1.47 bits per heavy atom. The molecule has 1 rings (SSSR count). The number of methoxy groups -OCH3 is 1. The topological polar surface area (TPSA) is 76.1 Å². The van der Waals surface area contributed by atoms with E-state index in [1.54, 1.807) is 20.8 Å². The lowest BCUT2D eigenvalue weighted by molar-refractivity contribution is -0.134. The van der Waals surface area contributed by atoms with Crippen LogP contribution >= 0.6 is 0 Å². The van der Waals surface area contributed by atoms with Crippen LogP contribution in [0.5, 0.6) is 0 Å². The fourth-order valence-corrected chi connectivity index (χ4v) is 1.85. The number of carbonyl (C=O) groups excluding carboxylic acids is 2. The van der Waals surface area contributed by atoms with Gasteiger partial charge in [0.05, 0.1) is 19.8 Å². The largest absolute Gasteiger partial charge is 0.466 e. The summed E-state index contributed by atoms with van der Waals surface area (Å²) in [6.45, 7) is 5.44. The number of aliphatic hydroxyl groups excluding tert-OH is 1. The molecule has 0 unspecified atom stereocenters. The van der Waals surface area contributed by atoms with Crippen molar-refractivity contribution >= 4 is 12.1 Å². The number of nitrogens with zero attached hydrogens (tertiary/aromatic N) is 1. The molecule has 6 nitrogen and oxygen atoms in total. The Morgan fingerprint density at radius 3 is 2.58 bits per heavy atom. The Labute approximate surface area is 113 Å². The summed E-state index contributed by atoms with van der Waals surface area (Å²) in [6, 6.07) is -0.356. The van der Waals surface area contributed by atoms with Gasteiger partial charge in [0, 0.05) is 12.6 Å². The molecule has 0 aromatic heterocycles. The average Bonchev–Trinajstić information content (AvgIpc) is 2.69. The number of rotatable bonds is 2. The molecule has 1 fully saturated rings. The van der Waals surface area contributed by atoms with Crippen LogP contribution < -0.4 is 0 Å². The molecule has 108 valence electrons. The second-order valence-corrected chi connectivity index (χ2v) is 5.47. The van der Waals surface area contributed by atoms with Crippen LogP contribution in [-0.2, 0) is 14.3 Å². The monoisotopic (exact) mass is 271 g/mol. The van der Waals surface area contributed by atoms with Gasteiger partial charge in [-0.05, 0) is 32.8 Å². The van der Waals surface area contributed by atoms with Gasteiger partial charge in [0.1, 0.15) is 5.60 Å². The van der Waals surface area contributed by atoms with Gasteiger partial charge < -0.3 is 14.6 Å². The number of carbonyl (C=O) groups is 2. The first-order valence-corrected chi connectivity index (χ1v) is 6.14. The number of amides is 1. The summed E-state index contributed by atoms with van der Waals surface area (Å²) in [7, 11) is 1.30. The molecular formula is C13H21NO5. The van der Waals surface area contributed by atoms with Crippen molar-refractivity contribution in [2.45, 2.75) is 38.8 Å². The van der Waals surface area contributed by atoms with Gasteiger partial charge in [-0.3, -0.25) is 4.90 Å². The predicted molar refractivity (Wildman–Crippen MR) is 68.5 cm³/mol. The normalized spacial score (nSPS) is 21.6. The molecule has 1 heterocycles. The van der Waals surface area contributed by atoms with Crippen molar-refractivity contribution in [1.29, 1.82) is 0 Å². The number of aliphatic hydroxyl groups is 1. The van der Waals surface area contributed by atoms with E-state index in [2.05, 4.69) is 4.74 Å².